The third-order valence-corrected chi connectivity index (χ3v) is 6.02. The summed E-state index contributed by atoms with van der Waals surface area (Å²) in [6.45, 7) is 8.45. The summed E-state index contributed by atoms with van der Waals surface area (Å²) in [7, 11) is 0. The van der Waals surface area contributed by atoms with Crippen molar-refractivity contribution in [3.05, 3.63) is 76.9 Å². The standard InChI is InChI=1S/C28H31ClN4O3/c1-28(2,3)36-27(35)32-24-9-5-4-8-23(24)31-26(34)21-12-10-20(11-13-21)25-22(29)16-19(17-30-25)18-33-14-6-7-15-33/h4-5,8-13,16-17H,6-7,14-15,18H2,1-3H3,(H,31,34)(H,32,35). The first-order valence-corrected chi connectivity index (χ1v) is 12.4. The van der Waals surface area contributed by atoms with E-state index in [1.54, 1.807) is 57.2 Å². The molecule has 4 rings (SSSR count). The number of hydrogen-bond acceptors (Lipinski definition) is 5. The Hall–Kier alpha value is -3.42. The van der Waals surface area contributed by atoms with E-state index in [0.717, 1.165) is 30.8 Å². The monoisotopic (exact) mass is 506 g/mol. The van der Waals surface area contributed by atoms with Gasteiger partial charge in [-0.2, -0.15) is 0 Å². The van der Waals surface area contributed by atoms with Crippen LogP contribution in [0.3, 0.4) is 0 Å². The van der Waals surface area contributed by atoms with Gasteiger partial charge in [-0.05, 0) is 82.6 Å². The van der Waals surface area contributed by atoms with E-state index in [9.17, 15) is 9.59 Å². The number of nitrogens with one attached hydrogen (secondary N) is 2. The van der Waals surface area contributed by atoms with Crippen LogP contribution in [-0.4, -0.2) is 40.6 Å². The number of pyridine rings is 1. The Kier molecular flexibility index (Phi) is 7.91. The van der Waals surface area contributed by atoms with Crippen LogP contribution in [0.2, 0.25) is 5.02 Å². The number of benzene rings is 2. The van der Waals surface area contributed by atoms with Crippen molar-refractivity contribution in [1.29, 1.82) is 0 Å². The lowest BCUT2D eigenvalue weighted by atomic mass is 10.1. The number of nitrogens with zero attached hydrogens (tertiary/aromatic N) is 2. The normalized spacial score (nSPS) is 13.9. The van der Waals surface area contributed by atoms with Crippen molar-refractivity contribution in [2.45, 2.75) is 45.8 Å². The number of anilines is 2. The van der Waals surface area contributed by atoms with Crippen molar-refractivity contribution in [2.24, 2.45) is 0 Å². The molecular weight excluding hydrogens is 476 g/mol. The molecule has 1 aliphatic heterocycles. The Bertz CT molecular complexity index is 1230. The SMILES string of the molecule is CC(C)(C)OC(=O)Nc1ccccc1NC(=O)c1ccc(-c2ncc(CN3CCCC3)cc2Cl)cc1. The molecule has 1 fully saturated rings. The number of amides is 2. The van der Waals surface area contributed by atoms with E-state index < -0.39 is 11.7 Å². The molecule has 7 nitrogen and oxygen atoms in total. The number of carbonyl (C=O) groups is 2. The van der Waals surface area contributed by atoms with Gasteiger partial charge in [0.2, 0.25) is 0 Å². The molecule has 188 valence electrons. The fourth-order valence-corrected chi connectivity index (χ4v) is 4.36. The minimum absolute atomic E-state index is 0.306. The Morgan fingerprint density at radius 2 is 1.64 bits per heavy atom. The number of halogens is 1. The van der Waals surface area contributed by atoms with Gasteiger partial charge in [0.15, 0.2) is 0 Å². The molecule has 2 N–H and O–H groups in total. The molecule has 0 saturated carbocycles. The molecule has 2 amide bonds. The zero-order chi connectivity index (χ0) is 25.7. The van der Waals surface area contributed by atoms with Crippen molar-refractivity contribution in [3.63, 3.8) is 0 Å². The molecule has 0 spiro atoms. The van der Waals surface area contributed by atoms with Crippen molar-refractivity contribution in [2.75, 3.05) is 23.7 Å². The molecule has 1 aliphatic rings. The lowest BCUT2D eigenvalue weighted by Crippen LogP contribution is -2.27. The number of hydrogen-bond donors (Lipinski definition) is 2. The molecule has 3 aromatic rings. The summed E-state index contributed by atoms with van der Waals surface area (Å²) < 4.78 is 5.31. The van der Waals surface area contributed by atoms with Crippen LogP contribution in [0.4, 0.5) is 16.2 Å². The fraction of sp³-hybridized carbons (Fsp3) is 0.321. The highest BCUT2D eigenvalue weighted by Crippen LogP contribution is 2.28. The van der Waals surface area contributed by atoms with Crippen LogP contribution in [0.15, 0.2) is 60.8 Å². The van der Waals surface area contributed by atoms with Gasteiger partial charge in [-0.25, -0.2) is 4.79 Å². The van der Waals surface area contributed by atoms with Gasteiger partial charge < -0.3 is 10.1 Å². The van der Waals surface area contributed by atoms with Gasteiger partial charge in [0.1, 0.15) is 5.60 Å². The summed E-state index contributed by atoms with van der Waals surface area (Å²) in [5, 5.41) is 6.13. The highest BCUT2D eigenvalue weighted by Gasteiger charge is 2.18. The Balaban J connectivity index is 1.43. The molecule has 1 aromatic heterocycles. The second kappa shape index (κ2) is 11.1. The lowest BCUT2D eigenvalue weighted by Gasteiger charge is -2.20. The van der Waals surface area contributed by atoms with Crippen molar-refractivity contribution >= 4 is 35.0 Å². The van der Waals surface area contributed by atoms with Crippen molar-refractivity contribution in [1.82, 2.24) is 9.88 Å². The Morgan fingerprint density at radius 1 is 1.00 bits per heavy atom. The Morgan fingerprint density at radius 3 is 2.25 bits per heavy atom. The molecule has 0 atom stereocenters. The number of aromatic nitrogens is 1. The maximum Gasteiger partial charge on any atom is 0.412 e. The minimum atomic E-state index is -0.629. The molecule has 8 heteroatoms. The van der Waals surface area contributed by atoms with Crippen LogP contribution in [-0.2, 0) is 11.3 Å². The third-order valence-electron chi connectivity index (χ3n) is 5.73. The molecule has 0 unspecified atom stereocenters. The van der Waals surface area contributed by atoms with Crippen LogP contribution in [0.1, 0.15) is 49.5 Å². The van der Waals surface area contributed by atoms with Gasteiger partial charge >= 0.3 is 6.09 Å². The van der Waals surface area contributed by atoms with Crippen molar-refractivity contribution in [3.8, 4) is 11.3 Å². The summed E-state index contributed by atoms with van der Waals surface area (Å²) >= 11 is 6.55. The van der Waals surface area contributed by atoms with E-state index in [0.29, 0.717) is 27.7 Å². The average molecular weight is 507 g/mol. The number of ether oxygens (including phenoxy) is 1. The van der Waals surface area contributed by atoms with E-state index >= 15 is 0 Å². The second-order valence-corrected chi connectivity index (χ2v) is 10.3. The first-order valence-electron chi connectivity index (χ1n) is 12.1. The van der Waals surface area contributed by atoms with Gasteiger partial charge in [0.25, 0.3) is 5.91 Å². The number of likely N-dealkylation sites (tertiary alicyclic amines) is 1. The summed E-state index contributed by atoms with van der Waals surface area (Å²) in [6, 6.07) is 16.0. The van der Waals surface area contributed by atoms with Crippen LogP contribution < -0.4 is 10.6 Å². The Labute approximate surface area is 216 Å². The zero-order valence-corrected chi connectivity index (χ0v) is 21.6. The summed E-state index contributed by atoms with van der Waals surface area (Å²) in [5.41, 5.74) is 3.36. The molecule has 36 heavy (non-hydrogen) atoms. The maximum absolute atomic E-state index is 12.9. The highest BCUT2D eigenvalue weighted by molar-refractivity contribution is 6.33. The van der Waals surface area contributed by atoms with E-state index in [1.807, 2.05) is 24.4 Å². The van der Waals surface area contributed by atoms with Crippen LogP contribution >= 0.6 is 11.6 Å². The van der Waals surface area contributed by atoms with Gasteiger partial charge in [0, 0.05) is 23.9 Å². The fourth-order valence-electron chi connectivity index (χ4n) is 4.06. The maximum atomic E-state index is 12.9. The largest absolute Gasteiger partial charge is 0.444 e. The second-order valence-electron chi connectivity index (χ2n) is 9.86. The molecule has 2 heterocycles. The molecule has 1 saturated heterocycles. The number of rotatable bonds is 6. The highest BCUT2D eigenvalue weighted by atomic mass is 35.5. The van der Waals surface area contributed by atoms with E-state index in [4.69, 9.17) is 16.3 Å². The summed E-state index contributed by atoms with van der Waals surface area (Å²) in [5.74, 6) is -0.306. The first-order chi connectivity index (χ1) is 17.2. The molecule has 0 aliphatic carbocycles. The van der Waals surface area contributed by atoms with E-state index in [2.05, 4.69) is 20.5 Å². The van der Waals surface area contributed by atoms with Gasteiger partial charge in [-0.15, -0.1) is 0 Å². The smallest absolute Gasteiger partial charge is 0.412 e. The number of carbonyl (C=O) groups excluding carboxylic acids is 2. The summed E-state index contributed by atoms with van der Waals surface area (Å²) in [6.07, 6.45) is 3.76. The quantitative estimate of drug-likeness (QED) is 0.393. The van der Waals surface area contributed by atoms with Crippen LogP contribution in [0, 0.1) is 0 Å². The van der Waals surface area contributed by atoms with Gasteiger partial charge in [0.05, 0.1) is 22.1 Å². The predicted molar refractivity (Wildman–Crippen MR) is 143 cm³/mol. The summed E-state index contributed by atoms with van der Waals surface area (Å²) in [4.78, 5) is 32.1. The lowest BCUT2D eigenvalue weighted by molar-refractivity contribution is 0.0635. The third kappa shape index (κ3) is 6.83. The minimum Gasteiger partial charge on any atom is -0.444 e. The first kappa shape index (κ1) is 25.7. The molecule has 2 aromatic carbocycles. The zero-order valence-electron chi connectivity index (χ0n) is 20.8. The van der Waals surface area contributed by atoms with Gasteiger partial charge in [-0.3, -0.25) is 20.0 Å². The van der Waals surface area contributed by atoms with E-state index in [1.165, 1.54) is 12.8 Å². The number of para-hydroxylation sites is 2. The van der Waals surface area contributed by atoms with E-state index in [-0.39, 0.29) is 5.91 Å². The molecular formula is C28H31ClN4O3. The predicted octanol–water partition coefficient (Wildman–Crippen LogP) is 6.60. The topological polar surface area (TPSA) is 83.6 Å². The van der Waals surface area contributed by atoms with Crippen LogP contribution in [0.25, 0.3) is 11.3 Å². The van der Waals surface area contributed by atoms with Crippen LogP contribution in [0.5, 0.6) is 0 Å². The molecule has 0 bridgehead atoms. The van der Waals surface area contributed by atoms with Crippen molar-refractivity contribution < 1.29 is 14.3 Å². The van der Waals surface area contributed by atoms with Gasteiger partial charge in [-0.1, -0.05) is 35.9 Å². The average Bonchev–Trinajstić information content (AvgIpc) is 3.32. The molecule has 0 radical (unpaired) electrons.